The summed E-state index contributed by atoms with van der Waals surface area (Å²) in [6.45, 7) is 1.95. The second-order valence-electron chi connectivity index (χ2n) is 5.10. The van der Waals surface area contributed by atoms with Gasteiger partial charge in [-0.15, -0.1) is 0 Å². The summed E-state index contributed by atoms with van der Waals surface area (Å²) in [5, 5.41) is 4.04. The summed E-state index contributed by atoms with van der Waals surface area (Å²) in [4.78, 5) is 25.5. The van der Waals surface area contributed by atoms with Gasteiger partial charge in [0.25, 0.3) is 5.89 Å². The first kappa shape index (κ1) is 13.9. The molecular weight excluding hydrogens is 364 g/mol. The topological polar surface area (TPSA) is 105 Å². The number of benzene rings is 1. The van der Waals surface area contributed by atoms with Crippen molar-refractivity contribution in [1.29, 1.82) is 0 Å². The molecule has 8 nitrogen and oxygen atoms in total. The van der Waals surface area contributed by atoms with Crippen molar-refractivity contribution in [3.05, 3.63) is 51.6 Å². The molecule has 116 valence electrons. The normalized spacial score (nSPS) is 12.8. The van der Waals surface area contributed by atoms with Crippen LogP contribution in [0.3, 0.4) is 0 Å². The van der Waals surface area contributed by atoms with E-state index >= 15 is 0 Å². The minimum Gasteiger partial charge on any atom is -0.334 e. The Morgan fingerprint density at radius 1 is 1.35 bits per heavy atom. The van der Waals surface area contributed by atoms with E-state index in [9.17, 15) is 4.79 Å². The quantitative estimate of drug-likeness (QED) is 0.572. The molecule has 9 heteroatoms. The highest BCUT2D eigenvalue weighted by Gasteiger charge is 2.19. The van der Waals surface area contributed by atoms with Crippen LogP contribution in [-0.4, -0.2) is 29.7 Å². The number of imidazole rings is 2. The lowest BCUT2D eigenvalue weighted by Crippen LogP contribution is -2.06. The van der Waals surface area contributed by atoms with Crippen LogP contribution in [0.4, 0.5) is 0 Å². The Morgan fingerprint density at radius 3 is 3.00 bits per heavy atom. The molecule has 4 rings (SSSR count). The fraction of sp³-hybridized carbons (Fsp3) is 0.143. The minimum absolute atomic E-state index is 0.108. The second-order valence-corrected chi connectivity index (χ2v) is 6.01. The lowest BCUT2D eigenvalue weighted by molar-refractivity contribution is 0.412. The lowest BCUT2D eigenvalue weighted by Gasteiger charge is -2.06. The maximum atomic E-state index is 11.5. The standard InChI is InChI=1S/C14H11BrN6O2/c1-7(21-3-2-16-6-21)12-19-13(23-20-12)9-4-8(15)5-10-11(9)18-14(22)17-10/h2-7H,1H3,(H2,17,18,22). The molecule has 0 amide bonds. The third-order valence-electron chi connectivity index (χ3n) is 3.61. The second kappa shape index (κ2) is 5.20. The Morgan fingerprint density at radius 2 is 2.22 bits per heavy atom. The summed E-state index contributed by atoms with van der Waals surface area (Å²) in [5.41, 5.74) is 1.67. The van der Waals surface area contributed by atoms with Gasteiger partial charge in [0, 0.05) is 16.9 Å². The molecule has 0 fully saturated rings. The maximum Gasteiger partial charge on any atom is 0.323 e. The largest absolute Gasteiger partial charge is 0.334 e. The van der Waals surface area contributed by atoms with E-state index in [1.54, 1.807) is 12.5 Å². The first-order chi connectivity index (χ1) is 11.1. The molecule has 3 heterocycles. The van der Waals surface area contributed by atoms with Crippen molar-refractivity contribution < 1.29 is 4.52 Å². The molecular formula is C14H11BrN6O2. The first-order valence-electron chi connectivity index (χ1n) is 6.85. The smallest absolute Gasteiger partial charge is 0.323 e. The molecule has 2 N–H and O–H groups in total. The summed E-state index contributed by atoms with van der Waals surface area (Å²) < 4.78 is 8.07. The fourth-order valence-corrected chi connectivity index (χ4v) is 2.88. The third kappa shape index (κ3) is 2.38. The Hall–Kier alpha value is -2.68. The molecule has 0 radical (unpaired) electrons. The number of aromatic nitrogens is 6. The van der Waals surface area contributed by atoms with Gasteiger partial charge in [-0.25, -0.2) is 9.78 Å². The molecule has 3 aromatic heterocycles. The monoisotopic (exact) mass is 374 g/mol. The Labute approximate surface area is 137 Å². The predicted octanol–water partition coefficient (Wildman–Crippen LogP) is 2.47. The van der Waals surface area contributed by atoms with Crippen molar-refractivity contribution in [3.63, 3.8) is 0 Å². The highest BCUT2D eigenvalue weighted by atomic mass is 79.9. The van der Waals surface area contributed by atoms with E-state index in [0.29, 0.717) is 28.3 Å². The molecule has 1 unspecified atom stereocenters. The zero-order chi connectivity index (χ0) is 16.0. The molecule has 0 bridgehead atoms. The van der Waals surface area contributed by atoms with Crippen LogP contribution in [0.1, 0.15) is 18.8 Å². The molecule has 0 spiro atoms. The lowest BCUT2D eigenvalue weighted by atomic mass is 10.2. The van der Waals surface area contributed by atoms with Crippen LogP contribution in [0.5, 0.6) is 0 Å². The number of fused-ring (bicyclic) bond motifs is 1. The van der Waals surface area contributed by atoms with Gasteiger partial charge in [-0.1, -0.05) is 21.1 Å². The molecule has 0 saturated heterocycles. The van der Waals surface area contributed by atoms with Crippen LogP contribution in [-0.2, 0) is 0 Å². The van der Waals surface area contributed by atoms with Crippen molar-refractivity contribution in [3.8, 4) is 11.5 Å². The fourth-order valence-electron chi connectivity index (χ4n) is 2.42. The molecule has 23 heavy (non-hydrogen) atoms. The van der Waals surface area contributed by atoms with E-state index in [4.69, 9.17) is 4.52 Å². The minimum atomic E-state index is -0.286. The van der Waals surface area contributed by atoms with Crippen LogP contribution >= 0.6 is 15.9 Å². The summed E-state index contributed by atoms with van der Waals surface area (Å²) >= 11 is 3.42. The SMILES string of the molecule is CC(c1noc(-c2cc(Br)cc3[nH]c(=O)[nH]c23)n1)n1ccnc1. The Kier molecular flexibility index (Phi) is 3.15. The molecule has 0 aliphatic carbocycles. The van der Waals surface area contributed by atoms with Crippen molar-refractivity contribution in [1.82, 2.24) is 29.7 Å². The van der Waals surface area contributed by atoms with Gasteiger partial charge in [-0.3, -0.25) is 0 Å². The van der Waals surface area contributed by atoms with Crippen molar-refractivity contribution in [2.75, 3.05) is 0 Å². The van der Waals surface area contributed by atoms with Crippen molar-refractivity contribution in [2.45, 2.75) is 13.0 Å². The van der Waals surface area contributed by atoms with Crippen LogP contribution in [0.15, 0.2) is 44.6 Å². The van der Waals surface area contributed by atoms with E-state index in [0.717, 1.165) is 4.47 Å². The number of H-pyrrole nitrogens is 2. The van der Waals surface area contributed by atoms with E-state index in [1.165, 1.54) is 0 Å². The Bertz CT molecular complexity index is 1030. The number of aromatic amines is 2. The van der Waals surface area contributed by atoms with Gasteiger partial charge in [-0.05, 0) is 19.1 Å². The zero-order valence-electron chi connectivity index (χ0n) is 11.9. The number of nitrogens with one attached hydrogen (secondary N) is 2. The number of halogens is 1. The summed E-state index contributed by atoms with van der Waals surface area (Å²) in [5.74, 6) is 0.873. The molecule has 0 aliphatic rings. The maximum absolute atomic E-state index is 11.5. The number of hydrogen-bond donors (Lipinski definition) is 2. The highest BCUT2D eigenvalue weighted by molar-refractivity contribution is 9.10. The molecule has 4 aromatic rings. The zero-order valence-corrected chi connectivity index (χ0v) is 13.5. The number of hydrogen-bond acceptors (Lipinski definition) is 5. The summed E-state index contributed by atoms with van der Waals surface area (Å²) in [6.07, 6.45) is 5.23. The summed E-state index contributed by atoms with van der Waals surface area (Å²) in [6, 6.07) is 3.52. The van der Waals surface area contributed by atoms with Gasteiger partial charge in [-0.2, -0.15) is 4.98 Å². The van der Waals surface area contributed by atoms with Crippen molar-refractivity contribution >= 4 is 27.0 Å². The van der Waals surface area contributed by atoms with E-state index < -0.39 is 0 Å². The number of rotatable bonds is 3. The van der Waals surface area contributed by atoms with E-state index in [-0.39, 0.29) is 11.7 Å². The van der Waals surface area contributed by atoms with E-state index in [1.807, 2.05) is 29.8 Å². The van der Waals surface area contributed by atoms with Crippen LogP contribution in [0, 0.1) is 0 Å². The average Bonchev–Trinajstić information content (AvgIpc) is 3.25. The van der Waals surface area contributed by atoms with Gasteiger partial charge in [0.1, 0.15) is 0 Å². The van der Waals surface area contributed by atoms with Crippen LogP contribution in [0.2, 0.25) is 0 Å². The Balaban J connectivity index is 1.82. The van der Waals surface area contributed by atoms with E-state index in [2.05, 4.69) is 41.0 Å². The molecule has 1 aromatic carbocycles. The van der Waals surface area contributed by atoms with Gasteiger partial charge in [0.15, 0.2) is 5.82 Å². The summed E-state index contributed by atoms with van der Waals surface area (Å²) in [7, 11) is 0. The first-order valence-corrected chi connectivity index (χ1v) is 7.64. The third-order valence-corrected chi connectivity index (χ3v) is 4.07. The average molecular weight is 375 g/mol. The number of nitrogens with zero attached hydrogens (tertiary/aromatic N) is 4. The molecule has 1 atom stereocenters. The van der Waals surface area contributed by atoms with Gasteiger partial charge >= 0.3 is 5.69 Å². The van der Waals surface area contributed by atoms with Gasteiger partial charge in [0.2, 0.25) is 0 Å². The predicted molar refractivity (Wildman–Crippen MR) is 86.0 cm³/mol. The van der Waals surface area contributed by atoms with Crippen LogP contribution in [0.25, 0.3) is 22.5 Å². The van der Waals surface area contributed by atoms with Crippen LogP contribution < -0.4 is 5.69 Å². The van der Waals surface area contributed by atoms with Gasteiger partial charge in [0.05, 0.1) is 29.0 Å². The molecule has 0 aliphatic heterocycles. The van der Waals surface area contributed by atoms with Gasteiger partial charge < -0.3 is 19.1 Å². The highest BCUT2D eigenvalue weighted by Crippen LogP contribution is 2.29. The molecule has 0 saturated carbocycles. The van der Waals surface area contributed by atoms with Crippen molar-refractivity contribution in [2.24, 2.45) is 0 Å².